The van der Waals surface area contributed by atoms with Crippen molar-refractivity contribution in [2.45, 2.75) is 18.9 Å². The normalized spacial score (nSPS) is 20.7. The Bertz CT molecular complexity index is 179. The summed E-state index contributed by atoms with van der Waals surface area (Å²) in [7, 11) is 0. The molecule has 3 heteroatoms. The van der Waals surface area contributed by atoms with Gasteiger partial charge in [-0.2, -0.15) is 0 Å². The number of nitrogens with zero attached hydrogens (tertiary/aromatic N) is 1. The fourth-order valence-electron chi connectivity index (χ4n) is 1.20. The highest BCUT2D eigenvalue weighted by Crippen LogP contribution is 2.20. The van der Waals surface area contributed by atoms with E-state index in [4.69, 9.17) is 0 Å². The van der Waals surface area contributed by atoms with E-state index in [0.29, 0.717) is 19.5 Å². The van der Waals surface area contributed by atoms with Crippen molar-refractivity contribution in [1.29, 1.82) is 0 Å². The Balaban J connectivity index is 2.32. The minimum absolute atomic E-state index is 0.0477. The molecule has 0 aromatic rings. The molecule has 0 unspecified atom stereocenters. The smallest absolute Gasteiger partial charge is 0.226 e. The number of aliphatic hydroxyl groups is 1. The molecule has 0 aromatic carbocycles. The highest BCUT2D eigenvalue weighted by Gasteiger charge is 2.38. The van der Waals surface area contributed by atoms with Crippen LogP contribution < -0.4 is 0 Å². The predicted octanol–water partition coefficient (Wildman–Crippen LogP) is 0.156. The molecule has 62 valence electrons. The lowest BCUT2D eigenvalue weighted by Crippen LogP contribution is -2.61. The van der Waals surface area contributed by atoms with Crippen molar-refractivity contribution in [3.8, 4) is 0 Å². The van der Waals surface area contributed by atoms with Gasteiger partial charge in [0, 0.05) is 6.42 Å². The van der Waals surface area contributed by atoms with Gasteiger partial charge in [0.05, 0.1) is 18.7 Å². The van der Waals surface area contributed by atoms with Crippen LogP contribution in [0.5, 0.6) is 0 Å². The van der Waals surface area contributed by atoms with Crippen molar-refractivity contribution in [2.75, 3.05) is 13.1 Å². The second kappa shape index (κ2) is 2.66. The van der Waals surface area contributed by atoms with Crippen molar-refractivity contribution >= 4 is 5.91 Å². The van der Waals surface area contributed by atoms with E-state index < -0.39 is 5.60 Å². The van der Waals surface area contributed by atoms with Gasteiger partial charge in [-0.3, -0.25) is 4.79 Å². The first kappa shape index (κ1) is 8.27. The van der Waals surface area contributed by atoms with E-state index in [2.05, 4.69) is 6.58 Å². The SMILES string of the molecule is C=CCC(=O)N1CC(C)(O)C1. The van der Waals surface area contributed by atoms with Crippen LogP contribution >= 0.6 is 0 Å². The number of hydrogen-bond donors (Lipinski definition) is 1. The van der Waals surface area contributed by atoms with E-state index >= 15 is 0 Å². The van der Waals surface area contributed by atoms with Crippen molar-refractivity contribution in [3.63, 3.8) is 0 Å². The van der Waals surface area contributed by atoms with Crippen LogP contribution in [0.15, 0.2) is 12.7 Å². The monoisotopic (exact) mass is 155 g/mol. The van der Waals surface area contributed by atoms with E-state index in [-0.39, 0.29) is 5.91 Å². The maximum Gasteiger partial charge on any atom is 0.226 e. The van der Waals surface area contributed by atoms with Crippen LogP contribution in [0.1, 0.15) is 13.3 Å². The molecule has 1 N–H and O–H groups in total. The summed E-state index contributed by atoms with van der Waals surface area (Å²) < 4.78 is 0. The Labute approximate surface area is 66.3 Å². The summed E-state index contributed by atoms with van der Waals surface area (Å²) in [5.41, 5.74) is -0.656. The molecular formula is C8H13NO2. The van der Waals surface area contributed by atoms with Crippen LogP contribution in [0.25, 0.3) is 0 Å². The Morgan fingerprint density at radius 3 is 2.73 bits per heavy atom. The van der Waals surface area contributed by atoms with Gasteiger partial charge < -0.3 is 10.0 Å². The Morgan fingerprint density at radius 1 is 1.82 bits per heavy atom. The first-order chi connectivity index (χ1) is 5.05. The zero-order valence-electron chi connectivity index (χ0n) is 6.71. The van der Waals surface area contributed by atoms with E-state index in [9.17, 15) is 9.90 Å². The second-order valence-electron chi connectivity index (χ2n) is 3.24. The molecule has 1 fully saturated rings. The fourth-order valence-corrected chi connectivity index (χ4v) is 1.20. The molecular weight excluding hydrogens is 142 g/mol. The zero-order valence-corrected chi connectivity index (χ0v) is 6.71. The van der Waals surface area contributed by atoms with Crippen LogP contribution in [0, 0.1) is 0 Å². The average Bonchev–Trinajstić information content (AvgIpc) is 1.83. The highest BCUT2D eigenvalue weighted by atomic mass is 16.3. The Hall–Kier alpha value is -0.830. The molecule has 1 rings (SSSR count). The number of carbonyl (C=O) groups is 1. The van der Waals surface area contributed by atoms with Gasteiger partial charge in [-0.05, 0) is 6.92 Å². The number of β-amino-alcohol motifs (C(OH)–C–C–N with tert-alkyl or cyclic N) is 1. The van der Waals surface area contributed by atoms with E-state index in [1.807, 2.05) is 0 Å². The van der Waals surface area contributed by atoms with Crippen molar-refractivity contribution in [2.24, 2.45) is 0 Å². The molecule has 1 aliphatic rings. The van der Waals surface area contributed by atoms with Gasteiger partial charge >= 0.3 is 0 Å². The molecule has 0 aromatic heterocycles. The molecule has 0 bridgehead atoms. The van der Waals surface area contributed by atoms with Gasteiger partial charge in [0.25, 0.3) is 0 Å². The summed E-state index contributed by atoms with van der Waals surface area (Å²) in [6.45, 7) is 6.11. The molecule has 0 spiro atoms. The number of rotatable bonds is 2. The van der Waals surface area contributed by atoms with Gasteiger partial charge in [0.1, 0.15) is 0 Å². The summed E-state index contributed by atoms with van der Waals surface area (Å²) in [5, 5.41) is 9.28. The Morgan fingerprint density at radius 2 is 2.36 bits per heavy atom. The molecule has 0 saturated carbocycles. The van der Waals surface area contributed by atoms with Gasteiger partial charge in [0.2, 0.25) is 5.91 Å². The number of amides is 1. The van der Waals surface area contributed by atoms with Crippen molar-refractivity contribution in [3.05, 3.63) is 12.7 Å². The number of likely N-dealkylation sites (tertiary alicyclic amines) is 1. The van der Waals surface area contributed by atoms with Crippen LogP contribution in [0.2, 0.25) is 0 Å². The van der Waals surface area contributed by atoms with E-state index in [0.717, 1.165) is 0 Å². The third kappa shape index (κ3) is 1.80. The number of carbonyl (C=O) groups excluding carboxylic acids is 1. The van der Waals surface area contributed by atoms with Crippen LogP contribution in [-0.2, 0) is 4.79 Å². The molecule has 0 radical (unpaired) electrons. The fraction of sp³-hybridized carbons (Fsp3) is 0.625. The van der Waals surface area contributed by atoms with Crippen molar-refractivity contribution in [1.82, 2.24) is 4.90 Å². The molecule has 1 heterocycles. The highest BCUT2D eigenvalue weighted by molar-refractivity contribution is 5.78. The standard InChI is InChI=1S/C8H13NO2/c1-3-4-7(10)9-5-8(2,11)6-9/h3,11H,1,4-6H2,2H3. The predicted molar refractivity (Wildman–Crippen MR) is 42.0 cm³/mol. The molecule has 1 aliphatic heterocycles. The maximum absolute atomic E-state index is 11.1. The zero-order chi connectivity index (χ0) is 8.48. The molecule has 1 amide bonds. The Kier molecular flexibility index (Phi) is 2.00. The molecule has 0 aliphatic carbocycles. The molecule has 11 heavy (non-hydrogen) atoms. The lowest BCUT2D eigenvalue weighted by atomic mass is 9.97. The van der Waals surface area contributed by atoms with E-state index in [1.54, 1.807) is 17.9 Å². The third-order valence-corrected chi connectivity index (χ3v) is 1.73. The summed E-state index contributed by atoms with van der Waals surface area (Å²) in [4.78, 5) is 12.7. The summed E-state index contributed by atoms with van der Waals surface area (Å²) >= 11 is 0. The van der Waals surface area contributed by atoms with Crippen LogP contribution in [0.3, 0.4) is 0 Å². The molecule has 3 nitrogen and oxygen atoms in total. The third-order valence-electron chi connectivity index (χ3n) is 1.73. The summed E-state index contributed by atoms with van der Waals surface area (Å²) in [6, 6.07) is 0. The number of hydrogen-bond acceptors (Lipinski definition) is 2. The largest absolute Gasteiger partial charge is 0.386 e. The minimum Gasteiger partial charge on any atom is -0.386 e. The topological polar surface area (TPSA) is 40.5 Å². The first-order valence-electron chi connectivity index (χ1n) is 3.66. The van der Waals surface area contributed by atoms with Crippen molar-refractivity contribution < 1.29 is 9.90 Å². The van der Waals surface area contributed by atoms with Gasteiger partial charge in [-0.1, -0.05) is 6.08 Å². The first-order valence-corrected chi connectivity index (χ1v) is 3.66. The summed E-state index contributed by atoms with van der Waals surface area (Å²) in [6.07, 6.45) is 1.95. The molecule has 1 saturated heterocycles. The lowest BCUT2D eigenvalue weighted by Gasteiger charge is -2.44. The minimum atomic E-state index is -0.656. The van der Waals surface area contributed by atoms with Crippen LogP contribution in [0.4, 0.5) is 0 Å². The maximum atomic E-state index is 11.1. The summed E-state index contributed by atoms with van der Waals surface area (Å²) in [5.74, 6) is 0.0477. The second-order valence-corrected chi connectivity index (χ2v) is 3.24. The van der Waals surface area contributed by atoms with E-state index in [1.165, 1.54) is 0 Å². The van der Waals surface area contributed by atoms with Gasteiger partial charge in [0.15, 0.2) is 0 Å². The quantitative estimate of drug-likeness (QED) is 0.577. The lowest BCUT2D eigenvalue weighted by molar-refractivity contribution is -0.151. The molecule has 0 atom stereocenters. The van der Waals surface area contributed by atoms with Crippen LogP contribution in [-0.4, -0.2) is 34.6 Å². The van der Waals surface area contributed by atoms with Gasteiger partial charge in [-0.15, -0.1) is 6.58 Å². The van der Waals surface area contributed by atoms with Gasteiger partial charge in [-0.25, -0.2) is 0 Å². The average molecular weight is 155 g/mol.